The van der Waals surface area contributed by atoms with Gasteiger partial charge in [-0.1, -0.05) is 64.5 Å². The number of fused-ring (bicyclic) bond motifs is 1. The van der Waals surface area contributed by atoms with Crippen LogP contribution in [0.4, 0.5) is 8.78 Å². The average Bonchev–Trinajstić information content (AvgIpc) is 2.86. The lowest BCUT2D eigenvalue weighted by Gasteiger charge is -2.28. The topological polar surface area (TPSA) is 26.0 Å². The van der Waals surface area contributed by atoms with Gasteiger partial charge < -0.3 is 5.73 Å². The van der Waals surface area contributed by atoms with Gasteiger partial charge in [-0.25, -0.2) is 8.78 Å². The first-order valence-electron chi connectivity index (χ1n) is 13.1. The Morgan fingerprint density at radius 1 is 1.11 bits per heavy atom. The summed E-state index contributed by atoms with van der Waals surface area (Å²) in [5, 5.41) is 0. The highest BCUT2D eigenvalue weighted by atomic mass is 32.1. The van der Waals surface area contributed by atoms with Gasteiger partial charge in [-0.2, -0.15) is 0 Å². The maximum Gasteiger partial charge on any atom is 0.123 e. The Labute approximate surface area is 218 Å². The summed E-state index contributed by atoms with van der Waals surface area (Å²) in [5.41, 5.74) is 9.65. The van der Waals surface area contributed by atoms with Gasteiger partial charge in [0.25, 0.3) is 0 Å². The Hall–Kier alpha value is -1.91. The number of hydrogen-bond donors (Lipinski definition) is 1. The summed E-state index contributed by atoms with van der Waals surface area (Å²) in [6, 6.07) is 10.2. The molecule has 3 rings (SSSR count). The van der Waals surface area contributed by atoms with Crippen LogP contribution in [0, 0.1) is 36.3 Å². The summed E-state index contributed by atoms with van der Waals surface area (Å²) in [5.74, 6) is 1.60. The van der Waals surface area contributed by atoms with Crippen molar-refractivity contribution in [1.29, 1.82) is 0 Å². The summed E-state index contributed by atoms with van der Waals surface area (Å²) in [6.45, 7) is 15.1. The van der Waals surface area contributed by atoms with Crippen LogP contribution in [-0.4, -0.2) is 11.4 Å². The van der Waals surface area contributed by atoms with E-state index in [9.17, 15) is 8.78 Å². The monoisotopic (exact) mass is 501 g/mol. The predicted octanol–water partition coefficient (Wildman–Crippen LogP) is 8.59. The molecule has 0 saturated heterocycles. The second kappa shape index (κ2) is 16.7. The lowest BCUT2D eigenvalue weighted by atomic mass is 9.77. The van der Waals surface area contributed by atoms with E-state index >= 15 is 0 Å². The Bertz CT molecular complexity index is 924. The first kappa shape index (κ1) is 31.1. The highest BCUT2D eigenvalue weighted by molar-refractivity contribution is 7.80. The van der Waals surface area contributed by atoms with Crippen LogP contribution >= 0.6 is 12.2 Å². The molecule has 0 radical (unpaired) electrons. The molecule has 0 heterocycles. The summed E-state index contributed by atoms with van der Waals surface area (Å²) in [6.07, 6.45) is 9.24. The Morgan fingerprint density at radius 3 is 2.34 bits per heavy atom. The van der Waals surface area contributed by atoms with E-state index in [2.05, 4.69) is 27.4 Å². The van der Waals surface area contributed by atoms with Gasteiger partial charge in [0.2, 0.25) is 0 Å². The Morgan fingerprint density at radius 2 is 1.74 bits per heavy atom. The van der Waals surface area contributed by atoms with E-state index in [0.29, 0.717) is 0 Å². The zero-order valence-corrected chi connectivity index (χ0v) is 23.2. The molecule has 0 aliphatic heterocycles. The van der Waals surface area contributed by atoms with Crippen molar-refractivity contribution >= 4 is 17.1 Å². The second-order valence-electron chi connectivity index (χ2n) is 9.48. The number of thiocarbonyl (C=S) groups is 1. The van der Waals surface area contributed by atoms with Crippen molar-refractivity contribution in [2.45, 2.75) is 79.6 Å². The largest absolute Gasteiger partial charge is 0.331 e. The summed E-state index contributed by atoms with van der Waals surface area (Å²) < 4.78 is 26.1. The quantitative estimate of drug-likeness (QED) is 0.289. The lowest BCUT2D eigenvalue weighted by molar-refractivity contribution is 0.312. The van der Waals surface area contributed by atoms with Crippen LogP contribution in [0.25, 0.3) is 0 Å². The second-order valence-corrected chi connectivity index (χ2v) is 10.0. The van der Waals surface area contributed by atoms with Gasteiger partial charge in [0.05, 0.1) is 0 Å². The molecular formula is C31H45F2NS. The van der Waals surface area contributed by atoms with E-state index in [0.717, 1.165) is 66.5 Å². The van der Waals surface area contributed by atoms with Gasteiger partial charge in [-0.05, 0) is 115 Å². The van der Waals surface area contributed by atoms with E-state index in [1.165, 1.54) is 30.0 Å². The van der Waals surface area contributed by atoms with Crippen LogP contribution in [0.3, 0.4) is 0 Å². The number of halogens is 2. The SMILES string of the molecule is C=CC(CCc1cc(F)ccc1C)C(=S)CC.CCC(C)C1CCc2cc(F)ccc2C1.CCN. The van der Waals surface area contributed by atoms with E-state index in [1.54, 1.807) is 18.2 Å². The average molecular weight is 502 g/mol. The zero-order chi connectivity index (χ0) is 26.4. The van der Waals surface area contributed by atoms with Gasteiger partial charge in [-0.3, -0.25) is 0 Å². The first-order valence-corrected chi connectivity index (χ1v) is 13.5. The number of nitrogens with two attached hydrogens (primary N) is 1. The van der Waals surface area contributed by atoms with Crippen LogP contribution in [0.5, 0.6) is 0 Å². The molecule has 35 heavy (non-hydrogen) atoms. The van der Waals surface area contributed by atoms with Gasteiger partial charge >= 0.3 is 0 Å². The lowest BCUT2D eigenvalue weighted by Crippen LogP contribution is -2.20. The molecule has 3 unspecified atom stereocenters. The zero-order valence-electron chi connectivity index (χ0n) is 22.4. The Kier molecular flexibility index (Phi) is 14.9. The molecule has 1 nitrogen and oxygen atoms in total. The molecule has 0 saturated carbocycles. The van der Waals surface area contributed by atoms with Gasteiger partial charge in [0, 0.05) is 5.92 Å². The fourth-order valence-corrected chi connectivity index (χ4v) is 4.68. The van der Waals surface area contributed by atoms with E-state index < -0.39 is 0 Å². The minimum Gasteiger partial charge on any atom is -0.331 e. The number of hydrogen-bond acceptors (Lipinski definition) is 2. The molecule has 0 fully saturated rings. The molecule has 1 aliphatic carbocycles. The predicted molar refractivity (Wildman–Crippen MR) is 152 cm³/mol. The highest BCUT2D eigenvalue weighted by Crippen LogP contribution is 2.31. The summed E-state index contributed by atoms with van der Waals surface area (Å²) >= 11 is 5.30. The van der Waals surface area contributed by atoms with E-state index in [4.69, 9.17) is 18.0 Å². The fourth-order valence-electron chi connectivity index (χ4n) is 4.46. The van der Waals surface area contributed by atoms with Crippen molar-refractivity contribution in [3.63, 3.8) is 0 Å². The smallest absolute Gasteiger partial charge is 0.123 e. The standard InChI is InChI=1S/C15H19FS.C14H19F.C2H7N/c1-4-12(15(17)5-2)7-8-13-10-14(16)9-6-11(13)3;1-3-10(2)11-4-5-13-9-14(15)7-6-12(13)8-11;1-2-3/h4,6,9-10,12H,1,5,7-8H2,2-3H3;6-7,9-11H,3-5,8H2,1-2H3;2-3H2,1H3. The van der Waals surface area contributed by atoms with Crippen LogP contribution in [0.15, 0.2) is 49.1 Å². The Balaban J connectivity index is 0.000000316. The van der Waals surface area contributed by atoms with Crippen molar-refractivity contribution in [3.05, 3.63) is 82.9 Å². The molecule has 2 N–H and O–H groups in total. The molecule has 0 bridgehead atoms. The van der Waals surface area contributed by atoms with Crippen molar-refractivity contribution < 1.29 is 8.78 Å². The van der Waals surface area contributed by atoms with Crippen LogP contribution in [0.1, 0.15) is 75.6 Å². The molecule has 1 aliphatic rings. The third-order valence-corrected chi connectivity index (χ3v) is 7.56. The van der Waals surface area contributed by atoms with Crippen molar-refractivity contribution in [1.82, 2.24) is 0 Å². The highest BCUT2D eigenvalue weighted by Gasteiger charge is 2.22. The number of benzene rings is 2. The van der Waals surface area contributed by atoms with Crippen molar-refractivity contribution in [2.75, 3.05) is 6.54 Å². The summed E-state index contributed by atoms with van der Waals surface area (Å²) in [4.78, 5) is 1.04. The normalized spacial score (nSPS) is 15.9. The maximum atomic E-state index is 13.1. The van der Waals surface area contributed by atoms with Gasteiger partial charge in [-0.15, -0.1) is 6.58 Å². The molecule has 0 amide bonds. The van der Waals surface area contributed by atoms with Gasteiger partial charge in [0.15, 0.2) is 0 Å². The molecule has 2 aromatic carbocycles. The summed E-state index contributed by atoms with van der Waals surface area (Å²) in [7, 11) is 0. The van der Waals surface area contributed by atoms with Crippen molar-refractivity contribution in [2.24, 2.45) is 23.5 Å². The maximum absolute atomic E-state index is 13.1. The molecule has 194 valence electrons. The van der Waals surface area contributed by atoms with Gasteiger partial charge in [0.1, 0.15) is 11.6 Å². The van der Waals surface area contributed by atoms with E-state index in [1.807, 2.05) is 32.1 Å². The third kappa shape index (κ3) is 10.7. The molecule has 0 aromatic heterocycles. The molecule has 4 heteroatoms. The van der Waals surface area contributed by atoms with E-state index in [-0.39, 0.29) is 17.6 Å². The van der Waals surface area contributed by atoms with Crippen LogP contribution in [0.2, 0.25) is 0 Å². The first-order chi connectivity index (χ1) is 16.7. The molecule has 3 atom stereocenters. The molecular weight excluding hydrogens is 456 g/mol. The minimum atomic E-state index is -0.168. The van der Waals surface area contributed by atoms with Crippen LogP contribution < -0.4 is 5.73 Å². The minimum absolute atomic E-state index is 0.0873. The fraction of sp³-hybridized carbons (Fsp3) is 0.516. The molecule has 2 aromatic rings. The van der Waals surface area contributed by atoms with Crippen LogP contribution in [-0.2, 0) is 19.3 Å². The molecule has 0 spiro atoms. The van der Waals surface area contributed by atoms with Crippen molar-refractivity contribution in [3.8, 4) is 0 Å². The third-order valence-electron chi connectivity index (χ3n) is 6.97. The number of aryl methyl sites for hydroxylation is 3. The number of allylic oxidation sites excluding steroid dienone is 1. The number of rotatable bonds is 8.